The minimum Gasteiger partial charge on any atom is -0.358 e. The minimum atomic E-state index is 0. The van der Waals surface area contributed by atoms with Crippen molar-refractivity contribution in [1.29, 1.82) is 0 Å². The summed E-state index contributed by atoms with van der Waals surface area (Å²) in [4.78, 5) is 18.1. The summed E-state index contributed by atoms with van der Waals surface area (Å²) in [7, 11) is 4.05. The van der Waals surface area contributed by atoms with Crippen LogP contribution in [0.1, 0.15) is 22.5 Å². The molecule has 0 spiro atoms. The number of aromatic amines is 1. The number of halogens is 1. The molecule has 1 aromatic carbocycles. The van der Waals surface area contributed by atoms with Crippen LogP contribution < -0.4 is 0 Å². The Morgan fingerprint density at radius 1 is 1.32 bits per heavy atom. The molecule has 0 bridgehead atoms. The molecule has 0 fully saturated rings. The fraction of sp³-hybridized carbons (Fsp3) is 0.400. The molecule has 1 heterocycles. The SMILES string of the molecule is CN(C)CC1CCc2[nH]c3ccccc3c2C1=O.Cl. The predicted molar refractivity (Wildman–Crippen MR) is 80.2 cm³/mol. The van der Waals surface area contributed by atoms with Crippen molar-refractivity contribution in [3.05, 3.63) is 35.5 Å². The lowest BCUT2D eigenvalue weighted by atomic mass is 9.85. The molecular formula is C15H19ClN2O. The number of hydrogen-bond donors (Lipinski definition) is 1. The van der Waals surface area contributed by atoms with Crippen molar-refractivity contribution in [2.75, 3.05) is 20.6 Å². The first-order valence-corrected chi connectivity index (χ1v) is 6.45. The molecular weight excluding hydrogens is 260 g/mol. The van der Waals surface area contributed by atoms with E-state index in [1.54, 1.807) is 0 Å². The van der Waals surface area contributed by atoms with E-state index >= 15 is 0 Å². The van der Waals surface area contributed by atoms with Crippen LogP contribution in [0.3, 0.4) is 0 Å². The minimum absolute atomic E-state index is 0. The largest absolute Gasteiger partial charge is 0.358 e. The summed E-state index contributed by atoms with van der Waals surface area (Å²) in [5.41, 5.74) is 3.14. The van der Waals surface area contributed by atoms with E-state index in [1.807, 2.05) is 38.4 Å². The number of hydrogen-bond acceptors (Lipinski definition) is 2. The molecule has 2 aromatic rings. The maximum Gasteiger partial charge on any atom is 0.169 e. The summed E-state index contributed by atoms with van der Waals surface area (Å²) in [5, 5.41) is 1.08. The van der Waals surface area contributed by atoms with E-state index < -0.39 is 0 Å². The van der Waals surface area contributed by atoms with Gasteiger partial charge >= 0.3 is 0 Å². The van der Waals surface area contributed by atoms with Crippen molar-refractivity contribution < 1.29 is 4.79 Å². The van der Waals surface area contributed by atoms with E-state index in [0.29, 0.717) is 5.78 Å². The lowest BCUT2D eigenvalue weighted by Crippen LogP contribution is -2.31. The number of ketones is 1. The lowest BCUT2D eigenvalue weighted by Gasteiger charge is -2.24. The lowest BCUT2D eigenvalue weighted by molar-refractivity contribution is 0.0879. The topological polar surface area (TPSA) is 36.1 Å². The summed E-state index contributed by atoms with van der Waals surface area (Å²) in [6.07, 6.45) is 1.94. The summed E-state index contributed by atoms with van der Waals surface area (Å²) in [5.74, 6) is 0.453. The van der Waals surface area contributed by atoms with Crippen LogP contribution in [-0.4, -0.2) is 36.3 Å². The van der Waals surface area contributed by atoms with Gasteiger partial charge in [-0.05, 0) is 33.0 Å². The summed E-state index contributed by atoms with van der Waals surface area (Å²) >= 11 is 0. The second kappa shape index (κ2) is 5.35. The Morgan fingerprint density at radius 3 is 2.79 bits per heavy atom. The molecule has 1 N–H and O–H groups in total. The van der Waals surface area contributed by atoms with Crippen molar-refractivity contribution in [3.8, 4) is 0 Å². The van der Waals surface area contributed by atoms with Crippen LogP contribution in [0.4, 0.5) is 0 Å². The average Bonchev–Trinajstić information content (AvgIpc) is 2.71. The van der Waals surface area contributed by atoms with Crippen molar-refractivity contribution in [2.45, 2.75) is 12.8 Å². The van der Waals surface area contributed by atoms with Crippen LogP contribution >= 0.6 is 12.4 Å². The first-order chi connectivity index (χ1) is 8.66. The number of carbonyl (C=O) groups excluding carboxylic acids is 1. The number of H-pyrrole nitrogens is 1. The molecule has 1 aliphatic carbocycles. The smallest absolute Gasteiger partial charge is 0.169 e. The summed E-state index contributed by atoms with van der Waals surface area (Å²) < 4.78 is 0. The molecule has 1 aromatic heterocycles. The van der Waals surface area contributed by atoms with Gasteiger partial charge in [0.25, 0.3) is 0 Å². The molecule has 1 aliphatic rings. The quantitative estimate of drug-likeness (QED) is 0.917. The second-order valence-electron chi connectivity index (χ2n) is 5.39. The zero-order valence-corrected chi connectivity index (χ0v) is 12.1. The molecule has 4 heteroatoms. The normalized spacial score (nSPS) is 18.5. The molecule has 0 radical (unpaired) electrons. The summed E-state index contributed by atoms with van der Waals surface area (Å²) in [6.45, 7) is 0.845. The van der Waals surface area contributed by atoms with Gasteiger partial charge in [-0.25, -0.2) is 0 Å². The highest BCUT2D eigenvalue weighted by Crippen LogP contribution is 2.31. The van der Waals surface area contributed by atoms with E-state index in [-0.39, 0.29) is 18.3 Å². The van der Waals surface area contributed by atoms with Crippen LogP contribution in [0.25, 0.3) is 10.9 Å². The van der Waals surface area contributed by atoms with Gasteiger partial charge in [0.2, 0.25) is 0 Å². The number of aryl methyl sites for hydroxylation is 1. The molecule has 0 saturated carbocycles. The number of Topliss-reactive ketones (excluding diaryl/α,β-unsaturated/α-hetero) is 1. The van der Waals surface area contributed by atoms with E-state index in [2.05, 4.69) is 9.88 Å². The Kier molecular flexibility index (Phi) is 3.97. The molecule has 0 amide bonds. The number of nitrogens with zero attached hydrogens (tertiary/aromatic N) is 1. The predicted octanol–water partition coefficient (Wildman–Crippen LogP) is 2.90. The van der Waals surface area contributed by atoms with Crippen molar-refractivity contribution in [2.24, 2.45) is 5.92 Å². The monoisotopic (exact) mass is 278 g/mol. The standard InChI is InChI=1S/C15H18N2O.ClH/c1-17(2)9-10-7-8-13-14(15(10)18)11-5-3-4-6-12(11)16-13;/h3-6,10,16H,7-9H2,1-2H3;1H. The second-order valence-corrected chi connectivity index (χ2v) is 5.39. The fourth-order valence-electron chi connectivity index (χ4n) is 2.94. The van der Waals surface area contributed by atoms with Gasteiger partial charge in [-0.15, -0.1) is 12.4 Å². The number of fused-ring (bicyclic) bond motifs is 3. The first kappa shape index (κ1) is 14.1. The van der Waals surface area contributed by atoms with E-state index in [4.69, 9.17) is 0 Å². The van der Waals surface area contributed by atoms with Gasteiger partial charge in [0, 0.05) is 34.6 Å². The maximum atomic E-state index is 12.6. The number of benzene rings is 1. The highest BCUT2D eigenvalue weighted by molar-refractivity contribution is 6.11. The van der Waals surface area contributed by atoms with Gasteiger partial charge in [-0.3, -0.25) is 4.79 Å². The van der Waals surface area contributed by atoms with Crippen molar-refractivity contribution in [3.63, 3.8) is 0 Å². The Labute approximate surface area is 119 Å². The zero-order valence-electron chi connectivity index (χ0n) is 11.3. The Morgan fingerprint density at radius 2 is 2.05 bits per heavy atom. The number of para-hydroxylation sites is 1. The highest BCUT2D eigenvalue weighted by atomic mass is 35.5. The Balaban J connectivity index is 0.00000133. The van der Waals surface area contributed by atoms with Gasteiger partial charge in [-0.2, -0.15) is 0 Å². The molecule has 3 rings (SSSR count). The van der Waals surface area contributed by atoms with Gasteiger partial charge in [0.15, 0.2) is 5.78 Å². The maximum absolute atomic E-state index is 12.6. The van der Waals surface area contributed by atoms with Gasteiger partial charge in [-0.1, -0.05) is 18.2 Å². The Bertz CT molecular complexity index is 603. The molecule has 102 valence electrons. The van der Waals surface area contributed by atoms with Gasteiger partial charge < -0.3 is 9.88 Å². The van der Waals surface area contributed by atoms with Crippen LogP contribution in [0.15, 0.2) is 24.3 Å². The van der Waals surface area contributed by atoms with Gasteiger partial charge in [0.05, 0.1) is 0 Å². The third-order valence-electron chi connectivity index (χ3n) is 3.73. The van der Waals surface area contributed by atoms with Gasteiger partial charge in [0.1, 0.15) is 0 Å². The Hall–Kier alpha value is -1.32. The first-order valence-electron chi connectivity index (χ1n) is 6.45. The van der Waals surface area contributed by atoms with E-state index in [0.717, 1.165) is 41.5 Å². The van der Waals surface area contributed by atoms with Crippen molar-refractivity contribution in [1.82, 2.24) is 9.88 Å². The molecule has 1 atom stereocenters. The number of aromatic nitrogens is 1. The number of carbonyl (C=O) groups is 1. The molecule has 0 aliphatic heterocycles. The van der Waals surface area contributed by atoms with E-state index in [9.17, 15) is 4.79 Å². The molecule has 19 heavy (non-hydrogen) atoms. The molecule has 1 unspecified atom stereocenters. The highest BCUT2D eigenvalue weighted by Gasteiger charge is 2.30. The van der Waals surface area contributed by atoms with Crippen LogP contribution in [0.5, 0.6) is 0 Å². The number of rotatable bonds is 2. The van der Waals surface area contributed by atoms with Crippen molar-refractivity contribution >= 4 is 29.1 Å². The number of nitrogens with one attached hydrogen (secondary N) is 1. The van der Waals surface area contributed by atoms with Crippen LogP contribution in [-0.2, 0) is 6.42 Å². The average molecular weight is 279 g/mol. The summed E-state index contributed by atoms with van der Waals surface area (Å²) in [6, 6.07) is 8.09. The molecule has 0 saturated heterocycles. The third-order valence-corrected chi connectivity index (χ3v) is 3.73. The van der Waals surface area contributed by atoms with Crippen LogP contribution in [0, 0.1) is 5.92 Å². The molecule has 3 nitrogen and oxygen atoms in total. The van der Waals surface area contributed by atoms with Crippen LogP contribution in [0.2, 0.25) is 0 Å². The third kappa shape index (κ3) is 2.40. The zero-order chi connectivity index (χ0) is 12.7. The van der Waals surface area contributed by atoms with E-state index in [1.165, 1.54) is 0 Å². The fourth-order valence-corrected chi connectivity index (χ4v) is 2.94.